The lowest BCUT2D eigenvalue weighted by molar-refractivity contribution is 0.0889. The van der Waals surface area contributed by atoms with Gasteiger partial charge in [0, 0.05) is 28.9 Å². The van der Waals surface area contributed by atoms with E-state index in [4.69, 9.17) is 5.73 Å². The Hall–Kier alpha value is -3.80. The third-order valence-corrected chi connectivity index (χ3v) is 6.15. The van der Waals surface area contributed by atoms with Crippen LogP contribution in [-0.4, -0.2) is 23.0 Å². The maximum absolute atomic E-state index is 12.7. The number of Topliss-reactive ketones (excluding diaryl/α,β-unsaturated/α-hetero) is 1. The van der Waals surface area contributed by atoms with Crippen molar-refractivity contribution < 1.29 is 14.7 Å². The SMILES string of the molecule is NC1=CC(O)=CC=CC1NC(=O)Nc1ccc(-c2ccc(C(=O)C3CCCCC3)cc2)cc1. The number of amides is 2. The molecular weight excluding hydrogens is 414 g/mol. The van der Waals surface area contributed by atoms with Gasteiger partial charge in [-0.1, -0.05) is 67.8 Å². The lowest BCUT2D eigenvalue weighted by Gasteiger charge is -2.20. The molecule has 2 aliphatic carbocycles. The molecule has 0 aromatic heterocycles. The number of aliphatic hydroxyl groups excluding tert-OH is 1. The van der Waals surface area contributed by atoms with Gasteiger partial charge in [0.25, 0.3) is 0 Å². The average Bonchev–Trinajstić information content (AvgIpc) is 2.99. The molecule has 4 rings (SSSR count). The van der Waals surface area contributed by atoms with Gasteiger partial charge in [0.2, 0.25) is 0 Å². The number of nitrogens with two attached hydrogens (primary N) is 1. The van der Waals surface area contributed by atoms with Crippen molar-refractivity contribution >= 4 is 17.5 Å². The summed E-state index contributed by atoms with van der Waals surface area (Å²) in [5.74, 6) is 0.467. The summed E-state index contributed by atoms with van der Waals surface area (Å²) >= 11 is 0. The molecule has 170 valence electrons. The van der Waals surface area contributed by atoms with Gasteiger partial charge in [-0.3, -0.25) is 4.79 Å². The van der Waals surface area contributed by atoms with Gasteiger partial charge < -0.3 is 21.5 Å². The number of rotatable bonds is 5. The second kappa shape index (κ2) is 10.2. The Bertz CT molecular complexity index is 1090. The van der Waals surface area contributed by atoms with Gasteiger partial charge in [-0.2, -0.15) is 0 Å². The zero-order valence-corrected chi connectivity index (χ0v) is 18.5. The van der Waals surface area contributed by atoms with Crippen LogP contribution in [0.4, 0.5) is 10.5 Å². The molecule has 2 aromatic rings. The highest BCUT2D eigenvalue weighted by Crippen LogP contribution is 2.28. The van der Waals surface area contributed by atoms with Crippen LogP contribution in [-0.2, 0) is 0 Å². The second-order valence-corrected chi connectivity index (χ2v) is 8.55. The monoisotopic (exact) mass is 443 g/mol. The zero-order valence-electron chi connectivity index (χ0n) is 18.5. The highest BCUT2D eigenvalue weighted by atomic mass is 16.3. The molecular formula is C27H29N3O3. The number of benzene rings is 2. The molecule has 2 amide bonds. The van der Waals surface area contributed by atoms with Gasteiger partial charge in [-0.25, -0.2) is 4.79 Å². The number of hydrogen-bond donors (Lipinski definition) is 4. The fourth-order valence-electron chi connectivity index (χ4n) is 4.30. The Morgan fingerprint density at radius 3 is 2.21 bits per heavy atom. The topological polar surface area (TPSA) is 104 Å². The first-order chi connectivity index (χ1) is 16.0. The van der Waals surface area contributed by atoms with Crippen LogP contribution in [0.25, 0.3) is 11.1 Å². The predicted octanol–water partition coefficient (Wildman–Crippen LogP) is 5.46. The van der Waals surface area contributed by atoms with E-state index in [1.165, 1.54) is 18.6 Å². The molecule has 5 N–H and O–H groups in total. The van der Waals surface area contributed by atoms with Crippen molar-refractivity contribution in [2.45, 2.75) is 38.1 Å². The van der Waals surface area contributed by atoms with Gasteiger partial charge in [0.15, 0.2) is 5.78 Å². The number of ketones is 1. The van der Waals surface area contributed by atoms with Crippen molar-refractivity contribution in [1.29, 1.82) is 0 Å². The largest absolute Gasteiger partial charge is 0.508 e. The molecule has 33 heavy (non-hydrogen) atoms. The Balaban J connectivity index is 1.35. The lowest BCUT2D eigenvalue weighted by Crippen LogP contribution is -2.39. The average molecular weight is 444 g/mol. The molecule has 0 saturated heterocycles. The number of carbonyl (C=O) groups is 2. The molecule has 0 radical (unpaired) electrons. The van der Waals surface area contributed by atoms with E-state index in [0.717, 1.165) is 42.4 Å². The first kappa shape index (κ1) is 22.4. The number of urea groups is 1. The molecule has 0 heterocycles. The van der Waals surface area contributed by atoms with Gasteiger partial charge >= 0.3 is 6.03 Å². The fraction of sp³-hybridized carbons (Fsp3) is 0.259. The van der Waals surface area contributed by atoms with E-state index in [-0.39, 0.29) is 17.5 Å². The third-order valence-electron chi connectivity index (χ3n) is 6.15. The van der Waals surface area contributed by atoms with Crippen molar-refractivity contribution in [1.82, 2.24) is 5.32 Å². The molecule has 0 aliphatic heterocycles. The summed E-state index contributed by atoms with van der Waals surface area (Å²) in [7, 11) is 0. The van der Waals surface area contributed by atoms with Crippen molar-refractivity contribution in [3.63, 3.8) is 0 Å². The van der Waals surface area contributed by atoms with Gasteiger partial charge in [0.05, 0.1) is 6.04 Å². The first-order valence-electron chi connectivity index (χ1n) is 11.4. The Labute approximate surface area is 193 Å². The standard InChI is InChI=1S/C27H29N3O3/c28-24-17-23(31)7-4-8-25(24)30-27(33)29-22-15-13-19(14-16-22)18-9-11-21(12-10-18)26(32)20-5-2-1-3-6-20/h4,7-17,20,25,31H,1-3,5-6,28H2,(H2,29,30,33). The van der Waals surface area contributed by atoms with Crippen LogP contribution in [0.1, 0.15) is 42.5 Å². The second-order valence-electron chi connectivity index (χ2n) is 8.55. The van der Waals surface area contributed by atoms with Crippen LogP contribution < -0.4 is 16.4 Å². The molecule has 1 saturated carbocycles. The van der Waals surface area contributed by atoms with Crippen LogP contribution in [0, 0.1) is 5.92 Å². The van der Waals surface area contributed by atoms with E-state index in [2.05, 4.69) is 10.6 Å². The summed E-state index contributed by atoms with van der Waals surface area (Å²) in [6, 6.07) is 14.4. The lowest BCUT2D eigenvalue weighted by atomic mass is 9.83. The summed E-state index contributed by atoms with van der Waals surface area (Å²) < 4.78 is 0. The molecule has 0 bridgehead atoms. The van der Waals surface area contributed by atoms with Crippen LogP contribution in [0.5, 0.6) is 0 Å². The van der Waals surface area contributed by atoms with Crippen LogP contribution in [0.2, 0.25) is 0 Å². The highest BCUT2D eigenvalue weighted by Gasteiger charge is 2.22. The molecule has 6 heteroatoms. The van der Waals surface area contributed by atoms with Crippen LogP contribution in [0.3, 0.4) is 0 Å². The van der Waals surface area contributed by atoms with Gasteiger partial charge in [0.1, 0.15) is 5.76 Å². The molecule has 1 atom stereocenters. The number of nitrogens with one attached hydrogen (secondary N) is 2. The molecule has 1 fully saturated rings. The predicted molar refractivity (Wildman–Crippen MR) is 131 cm³/mol. The van der Waals surface area contributed by atoms with E-state index in [9.17, 15) is 14.7 Å². The van der Waals surface area contributed by atoms with Crippen molar-refractivity contribution in [2.24, 2.45) is 11.7 Å². The van der Waals surface area contributed by atoms with E-state index in [0.29, 0.717) is 11.4 Å². The van der Waals surface area contributed by atoms with Crippen LogP contribution in [0.15, 0.2) is 84.3 Å². The fourth-order valence-corrected chi connectivity index (χ4v) is 4.30. The maximum Gasteiger partial charge on any atom is 0.320 e. The van der Waals surface area contributed by atoms with E-state index < -0.39 is 12.1 Å². The quantitative estimate of drug-likeness (QED) is 0.461. The van der Waals surface area contributed by atoms with Crippen molar-refractivity contribution in [3.05, 3.63) is 89.9 Å². The number of hydrogen-bond acceptors (Lipinski definition) is 4. The molecule has 0 spiro atoms. The summed E-state index contributed by atoms with van der Waals surface area (Å²) in [5, 5.41) is 15.1. The van der Waals surface area contributed by atoms with Gasteiger partial charge in [-0.15, -0.1) is 0 Å². The maximum atomic E-state index is 12.7. The molecule has 2 aliphatic rings. The first-order valence-corrected chi connectivity index (χ1v) is 11.4. The van der Waals surface area contributed by atoms with Crippen molar-refractivity contribution in [2.75, 3.05) is 5.32 Å². The van der Waals surface area contributed by atoms with Crippen LogP contribution >= 0.6 is 0 Å². The van der Waals surface area contributed by atoms with E-state index in [1.807, 2.05) is 48.5 Å². The summed E-state index contributed by atoms with van der Waals surface area (Å²) in [6.07, 6.45) is 11.8. The molecule has 6 nitrogen and oxygen atoms in total. The summed E-state index contributed by atoms with van der Waals surface area (Å²) in [5.41, 5.74) is 9.69. The summed E-state index contributed by atoms with van der Waals surface area (Å²) in [4.78, 5) is 25.1. The Morgan fingerprint density at radius 2 is 1.55 bits per heavy atom. The normalized spacial score (nSPS) is 18.6. The van der Waals surface area contributed by atoms with Crippen molar-refractivity contribution in [3.8, 4) is 11.1 Å². The number of carbonyl (C=O) groups excluding carboxylic acids is 2. The molecule has 2 aromatic carbocycles. The number of aliphatic hydroxyl groups is 1. The zero-order chi connectivity index (χ0) is 23.2. The smallest absolute Gasteiger partial charge is 0.320 e. The van der Waals surface area contributed by atoms with E-state index in [1.54, 1.807) is 12.2 Å². The minimum atomic E-state index is -0.514. The minimum absolute atomic E-state index is 0.0374. The minimum Gasteiger partial charge on any atom is -0.508 e. The van der Waals surface area contributed by atoms with E-state index >= 15 is 0 Å². The third kappa shape index (κ3) is 5.71. The Kier molecular flexibility index (Phi) is 6.93. The number of anilines is 1. The summed E-state index contributed by atoms with van der Waals surface area (Å²) in [6.45, 7) is 0. The van der Waals surface area contributed by atoms with Gasteiger partial charge in [-0.05, 0) is 42.2 Å². The molecule has 1 unspecified atom stereocenters. The Morgan fingerprint density at radius 1 is 0.909 bits per heavy atom. The number of allylic oxidation sites excluding steroid dienone is 3. The highest BCUT2D eigenvalue weighted by molar-refractivity contribution is 5.98.